The van der Waals surface area contributed by atoms with Crippen LogP contribution in [0, 0.1) is 50.7 Å². The van der Waals surface area contributed by atoms with Crippen molar-refractivity contribution in [2.24, 2.45) is 50.7 Å². The van der Waals surface area contributed by atoms with Crippen LogP contribution in [-0.2, 0) is 19.1 Å². The third-order valence-electron chi connectivity index (χ3n) is 15.1. The summed E-state index contributed by atoms with van der Waals surface area (Å²) in [6.07, 6.45) is 10.8. The molecule has 1 amide bonds. The number of allylic oxidation sites excluding steroid dienone is 1. The van der Waals surface area contributed by atoms with Gasteiger partial charge in [0.2, 0.25) is 0 Å². The van der Waals surface area contributed by atoms with E-state index in [1.165, 1.54) is 5.57 Å². The average Bonchev–Trinajstić information content (AvgIpc) is 3.30. The molecule has 5 aliphatic carbocycles. The van der Waals surface area contributed by atoms with Gasteiger partial charge >= 0.3 is 11.9 Å². The monoisotopic (exact) mass is 710 g/mol. The number of halogens is 1. The summed E-state index contributed by atoms with van der Waals surface area (Å²) in [4.78, 5) is 56.4. The summed E-state index contributed by atoms with van der Waals surface area (Å²) >= 11 is 0. The fourth-order valence-corrected chi connectivity index (χ4v) is 12.4. The third-order valence-corrected chi connectivity index (χ3v) is 15.1. The summed E-state index contributed by atoms with van der Waals surface area (Å²) in [7, 11) is 0. The van der Waals surface area contributed by atoms with E-state index in [1.54, 1.807) is 38.4 Å². The first-order chi connectivity index (χ1) is 22.7. The lowest BCUT2D eigenvalue weighted by atomic mass is 9.33. The Bertz CT molecular complexity index is 1590. The topological polar surface area (TPSA) is 123 Å². The van der Waals surface area contributed by atoms with Gasteiger partial charge in [-0.3, -0.25) is 24.2 Å². The highest BCUT2D eigenvalue weighted by molar-refractivity contribution is 6.03. The Kier molecular flexibility index (Phi) is 9.80. The molecule has 1 aromatic heterocycles. The predicted molar refractivity (Wildman–Crippen MR) is 195 cm³/mol. The van der Waals surface area contributed by atoms with E-state index >= 15 is 0 Å². The van der Waals surface area contributed by atoms with E-state index in [4.69, 9.17) is 4.74 Å². The van der Waals surface area contributed by atoms with Crippen molar-refractivity contribution in [1.82, 2.24) is 10.3 Å². The number of ether oxygens (including phenoxy) is 1. The molecule has 1 heterocycles. The Hall–Kier alpha value is -2.74. The number of Topliss-reactive ketones (excluding diaryl/α,β-unsaturated/α-hetero) is 1. The number of nitrogens with zero attached hydrogens (tertiary/aromatic N) is 1. The summed E-state index contributed by atoms with van der Waals surface area (Å²) in [5.41, 5.74) is 0.721. The summed E-state index contributed by atoms with van der Waals surface area (Å²) < 4.78 is 6.14. The first-order valence-electron chi connectivity index (χ1n) is 18.7. The number of carboxylic acid groups (broad SMARTS) is 1. The molecular formula is C41H59ClN2O6. The molecular weight excluding hydrogens is 652 g/mol. The van der Waals surface area contributed by atoms with Crippen molar-refractivity contribution in [2.75, 3.05) is 0 Å². The quantitative estimate of drug-likeness (QED) is 0.273. The van der Waals surface area contributed by atoms with E-state index < -0.39 is 22.9 Å². The molecule has 4 fully saturated rings. The minimum atomic E-state index is -1.17. The molecule has 8 atom stereocenters. The van der Waals surface area contributed by atoms with E-state index in [-0.39, 0.29) is 70.1 Å². The maximum atomic E-state index is 13.9. The number of carboxylic acids is 1. The van der Waals surface area contributed by atoms with Crippen LogP contribution in [0.2, 0.25) is 0 Å². The Morgan fingerprint density at radius 3 is 2.22 bits per heavy atom. The van der Waals surface area contributed by atoms with Gasteiger partial charge in [0.05, 0.1) is 17.4 Å². The van der Waals surface area contributed by atoms with Crippen molar-refractivity contribution in [3.63, 3.8) is 0 Å². The van der Waals surface area contributed by atoms with Gasteiger partial charge in [-0.25, -0.2) is 0 Å². The van der Waals surface area contributed by atoms with Crippen molar-refractivity contribution in [3.05, 3.63) is 41.2 Å². The summed E-state index contributed by atoms with van der Waals surface area (Å²) in [5, 5.41) is 13.0. The number of fused-ring (bicyclic) bond motifs is 7. The second kappa shape index (κ2) is 12.7. The number of rotatable bonds is 7. The highest BCUT2D eigenvalue weighted by Gasteiger charge is 2.70. The lowest BCUT2D eigenvalue weighted by molar-refractivity contribution is -0.232. The normalized spacial score (nSPS) is 37.4. The zero-order valence-electron chi connectivity index (χ0n) is 31.6. The smallest absolute Gasteiger partial charge is 0.309 e. The van der Waals surface area contributed by atoms with Crippen molar-refractivity contribution in [2.45, 2.75) is 138 Å². The van der Waals surface area contributed by atoms with Gasteiger partial charge in [0.15, 0.2) is 5.78 Å². The molecule has 0 radical (unpaired) electrons. The number of amides is 1. The van der Waals surface area contributed by atoms with Crippen molar-refractivity contribution >= 4 is 36.0 Å². The van der Waals surface area contributed by atoms with Crippen molar-refractivity contribution < 1.29 is 29.0 Å². The van der Waals surface area contributed by atoms with Gasteiger partial charge in [-0.2, -0.15) is 0 Å². The van der Waals surface area contributed by atoms with Gasteiger partial charge in [-0.05, 0) is 128 Å². The van der Waals surface area contributed by atoms with Crippen LogP contribution >= 0.6 is 12.4 Å². The fraction of sp³-hybridized carbons (Fsp3) is 0.732. The molecule has 8 nitrogen and oxygen atoms in total. The number of ketones is 1. The summed E-state index contributed by atoms with van der Waals surface area (Å²) in [6, 6.07) is 3.48. The molecule has 6 rings (SSSR count). The zero-order valence-corrected chi connectivity index (χ0v) is 32.4. The number of pyridine rings is 1. The molecule has 5 aliphatic rings. The number of hydrogen-bond acceptors (Lipinski definition) is 6. The van der Waals surface area contributed by atoms with Crippen LogP contribution in [0.3, 0.4) is 0 Å². The lowest BCUT2D eigenvalue weighted by Gasteiger charge is -2.72. The Morgan fingerprint density at radius 2 is 1.60 bits per heavy atom. The number of carbonyl (C=O) groups excluding carboxylic acids is 3. The first-order valence-corrected chi connectivity index (χ1v) is 18.7. The second-order valence-corrected chi connectivity index (χ2v) is 18.7. The minimum Gasteiger partial charge on any atom is -0.481 e. The van der Waals surface area contributed by atoms with Crippen molar-refractivity contribution in [1.29, 1.82) is 0 Å². The molecule has 0 bridgehead atoms. The molecule has 2 N–H and O–H groups in total. The summed E-state index contributed by atoms with van der Waals surface area (Å²) in [6.45, 7) is 19.5. The molecule has 0 aromatic carbocycles. The third kappa shape index (κ3) is 5.65. The van der Waals surface area contributed by atoms with Gasteiger partial charge in [0.25, 0.3) is 5.91 Å². The van der Waals surface area contributed by atoms with Crippen LogP contribution in [-0.4, -0.2) is 45.4 Å². The maximum absolute atomic E-state index is 13.9. The lowest BCUT2D eigenvalue weighted by Crippen LogP contribution is -2.67. The fourth-order valence-electron chi connectivity index (χ4n) is 12.4. The highest BCUT2D eigenvalue weighted by atomic mass is 35.5. The van der Waals surface area contributed by atoms with Crippen LogP contribution in [0.4, 0.5) is 0 Å². The van der Waals surface area contributed by atoms with E-state index in [9.17, 15) is 24.3 Å². The van der Waals surface area contributed by atoms with Crippen LogP contribution in [0.25, 0.3) is 0 Å². The van der Waals surface area contributed by atoms with Gasteiger partial charge in [0, 0.05) is 29.8 Å². The van der Waals surface area contributed by atoms with Crippen LogP contribution in [0.1, 0.15) is 137 Å². The molecule has 0 unspecified atom stereocenters. The van der Waals surface area contributed by atoms with Crippen LogP contribution in [0.15, 0.2) is 35.7 Å². The van der Waals surface area contributed by atoms with E-state index in [0.29, 0.717) is 23.8 Å². The Balaban J connectivity index is 0.00000486. The molecule has 276 valence electrons. The number of aromatic nitrogens is 1. The highest BCUT2D eigenvalue weighted by Crippen LogP contribution is 2.76. The van der Waals surface area contributed by atoms with Crippen molar-refractivity contribution in [3.8, 4) is 0 Å². The summed E-state index contributed by atoms with van der Waals surface area (Å²) in [5.74, 6) is -0.238. The number of nitrogens with one attached hydrogen (secondary N) is 1. The first kappa shape index (κ1) is 38.5. The maximum Gasteiger partial charge on any atom is 0.309 e. The second-order valence-electron chi connectivity index (χ2n) is 18.7. The SMILES string of the molecule is CC(C)C1=C2[C@H]3CC[C@@H]4[C@@]5(C)CC[C@H](OC(=O)CC(C)(C)C(=O)O)C(C)(C)[C@@H]5CC[C@@]4(C)[C@]3(C)CC[C@@]2(NC(=O)c2ccncc2)CC1=O.Cl. The molecule has 0 spiro atoms. The largest absolute Gasteiger partial charge is 0.481 e. The van der Waals surface area contributed by atoms with Crippen LogP contribution in [0.5, 0.6) is 0 Å². The zero-order chi connectivity index (χ0) is 35.9. The van der Waals surface area contributed by atoms with Gasteiger partial charge in [0.1, 0.15) is 6.10 Å². The van der Waals surface area contributed by atoms with Crippen LogP contribution < -0.4 is 5.32 Å². The Morgan fingerprint density at radius 1 is 0.940 bits per heavy atom. The number of aliphatic carboxylic acids is 1. The van der Waals surface area contributed by atoms with E-state index in [2.05, 4.69) is 58.8 Å². The van der Waals surface area contributed by atoms with Gasteiger partial charge < -0.3 is 15.2 Å². The van der Waals surface area contributed by atoms with Gasteiger partial charge in [-0.15, -0.1) is 12.4 Å². The molecule has 9 heteroatoms. The molecule has 0 saturated heterocycles. The number of esters is 1. The number of hydrogen-bond donors (Lipinski definition) is 2. The van der Waals surface area contributed by atoms with E-state index in [1.807, 2.05) is 0 Å². The molecule has 0 aliphatic heterocycles. The molecule has 1 aromatic rings. The van der Waals surface area contributed by atoms with Gasteiger partial charge in [-0.1, -0.05) is 48.5 Å². The average molecular weight is 711 g/mol. The molecule has 50 heavy (non-hydrogen) atoms. The number of carbonyl (C=O) groups is 4. The minimum absolute atomic E-state index is 0. The predicted octanol–water partition coefficient (Wildman–Crippen LogP) is 8.38. The molecule has 4 saturated carbocycles. The standard InChI is InChI=1S/C41H58N2O6.ClH/c1-24(2)32-27(44)22-41(43-34(46)25-14-20-42-21-15-25)19-18-39(8)26(33(32)41)10-11-29-38(7)16-13-30(49-31(45)23-36(3,4)35(47)48)37(5,6)28(38)12-17-40(29,39)9;/h14-15,20-21,24,26,28-30H,10-13,16-19,22-23H2,1-9H3,(H,43,46)(H,47,48);1H/t26-,28+,29-,30+,38+,39-,40-,41-;/m1./s1. The Labute approximate surface area is 304 Å². The van der Waals surface area contributed by atoms with E-state index in [0.717, 1.165) is 56.9 Å².